The third kappa shape index (κ3) is 4.07. The molecular weight excluding hydrogens is 330 g/mol. The molecule has 126 valence electrons. The van der Waals surface area contributed by atoms with Crippen LogP contribution in [0.1, 0.15) is 29.6 Å². The van der Waals surface area contributed by atoms with Gasteiger partial charge in [-0.3, -0.25) is 0 Å². The number of carbonyl (C=O) groups excluding carboxylic acids is 1. The maximum Gasteiger partial charge on any atom is 0.319 e. The zero-order valence-corrected chi connectivity index (χ0v) is 14.4. The summed E-state index contributed by atoms with van der Waals surface area (Å²) in [6.45, 7) is 5.16. The zero-order valence-electron chi connectivity index (χ0n) is 13.6. The van der Waals surface area contributed by atoms with Crippen LogP contribution in [0.4, 0.5) is 10.5 Å². The second-order valence-corrected chi connectivity index (χ2v) is 6.12. The van der Waals surface area contributed by atoms with Gasteiger partial charge in [0.15, 0.2) is 0 Å². The average molecular weight is 348 g/mol. The van der Waals surface area contributed by atoms with Crippen molar-refractivity contribution in [3.63, 3.8) is 0 Å². The highest BCUT2D eigenvalue weighted by atomic mass is 35.5. The van der Waals surface area contributed by atoms with Gasteiger partial charge in [-0.1, -0.05) is 11.6 Å². The average Bonchev–Trinajstić information content (AvgIpc) is 2.85. The first-order valence-electron chi connectivity index (χ1n) is 7.27. The van der Waals surface area contributed by atoms with Crippen molar-refractivity contribution in [3.8, 4) is 6.07 Å². The second-order valence-electron chi connectivity index (χ2n) is 5.71. The summed E-state index contributed by atoms with van der Waals surface area (Å²) in [6, 6.07) is 7.78. The molecule has 1 unspecified atom stereocenters. The Morgan fingerprint density at radius 2 is 2.12 bits per heavy atom. The summed E-state index contributed by atoms with van der Waals surface area (Å²) in [5, 5.41) is 24.8. The van der Waals surface area contributed by atoms with Crippen LogP contribution in [-0.2, 0) is 5.60 Å². The second kappa shape index (κ2) is 6.95. The zero-order chi connectivity index (χ0) is 17.9. The van der Waals surface area contributed by atoms with Crippen LogP contribution in [0.15, 0.2) is 28.7 Å². The lowest BCUT2D eigenvalue weighted by Crippen LogP contribution is -2.40. The molecule has 2 rings (SSSR count). The monoisotopic (exact) mass is 347 g/mol. The molecule has 1 atom stereocenters. The normalized spacial score (nSPS) is 13.0. The van der Waals surface area contributed by atoms with Crippen LogP contribution in [0.3, 0.4) is 0 Å². The van der Waals surface area contributed by atoms with Gasteiger partial charge in [0, 0.05) is 11.3 Å². The smallest absolute Gasteiger partial charge is 0.319 e. The van der Waals surface area contributed by atoms with E-state index < -0.39 is 11.6 Å². The van der Waals surface area contributed by atoms with Gasteiger partial charge < -0.3 is 20.2 Å². The number of nitriles is 1. The topological polar surface area (TPSA) is 98.3 Å². The van der Waals surface area contributed by atoms with Gasteiger partial charge in [-0.05, 0) is 45.0 Å². The van der Waals surface area contributed by atoms with Crippen LogP contribution in [0, 0.1) is 25.2 Å². The molecular formula is C17H18ClN3O3. The maximum atomic E-state index is 12.0. The molecule has 0 aliphatic rings. The molecule has 0 bridgehead atoms. The first-order valence-corrected chi connectivity index (χ1v) is 7.65. The first kappa shape index (κ1) is 17.9. The predicted molar refractivity (Wildman–Crippen MR) is 90.9 cm³/mol. The molecule has 0 aliphatic heterocycles. The number of nitrogens with one attached hydrogen (secondary N) is 2. The van der Waals surface area contributed by atoms with Gasteiger partial charge in [-0.25, -0.2) is 4.79 Å². The van der Waals surface area contributed by atoms with Gasteiger partial charge in [0.05, 0.1) is 17.1 Å². The van der Waals surface area contributed by atoms with Crippen molar-refractivity contribution in [1.29, 1.82) is 5.26 Å². The highest BCUT2D eigenvalue weighted by Crippen LogP contribution is 2.26. The molecule has 2 amide bonds. The van der Waals surface area contributed by atoms with E-state index in [2.05, 4.69) is 10.6 Å². The summed E-state index contributed by atoms with van der Waals surface area (Å²) in [5.41, 5.74) is 0.145. The van der Waals surface area contributed by atoms with Gasteiger partial charge in [0.25, 0.3) is 0 Å². The van der Waals surface area contributed by atoms with Crippen molar-refractivity contribution in [2.75, 3.05) is 11.9 Å². The minimum absolute atomic E-state index is 0.00264. The standard InChI is InChI=1S/C17H18ClN3O3/c1-10-6-14(11(2)24-10)17(3,23)9-20-16(22)21-13-5-4-12(8-19)15(18)7-13/h4-7,23H,9H2,1-3H3,(H2,20,21,22). The number of hydrogen-bond acceptors (Lipinski definition) is 4. The Kier molecular flexibility index (Phi) is 5.17. The first-order chi connectivity index (χ1) is 11.2. The van der Waals surface area contributed by atoms with Crippen LogP contribution in [0.25, 0.3) is 0 Å². The lowest BCUT2D eigenvalue weighted by Gasteiger charge is -2.23. The Morgan fingerprint density at radius 3 is 2.67 bits per heavy atom. The number of aliphatic hydroxyl groups is 1. The Bertz CT molecular complexity index is 806. The number of aryl methyl sites for hydroxylation is 2. The predicted octanol–water partition coefficient (Wildman–Crippen LogP) is 3.45. The van der Waals surface area contributed by atoms with E-state index in [1.807, 2.05) is 6.07 Å². The fourth-order valence-corrected chi connectivity index (χ4v) is 2.59. The van der Waals surface area contributed by atoms with E-state index in [1.54, 1.807) is 32.9 Å². The summed E-state index contributed by atoms with van der Waals surface area (Å²) < 4.78 is 5.41. The van der Waals surface area contributed by atoms with Crippen LogP contribution < -0.4 is 10.6 Å². The van der Waals surface area contributed by atoms with Crippen LogP contribution in [0.5, 0.6) is 0 Å². The van der Waals surface area contributed by atoms with Gasteiger partial charge in [0.2, 0.25) is 0 Å². The Morgan fingerprint density at radius 1 is 1.42 bits per heavy atom. The van der Waals surface area contributed by atoms with Crippen LogP contribution >= 0.6 is 11.6 Å². The summed E-state index contributed by atoms with van der Waals surface area (Å²) in [7, 11) is 0. The van der Waals surface area contributed by atoms with E-state index >= 15 is 0 Å². The molecule has 24 heavy (non-hydrogen) atoms. The molecule has 1 heterocycles. The number of urea groups is 1. The maximum absolute atomic E-state index is 12.0. The number of rotatable bonds is 4. The van der Waals surface area contributed by atoms with E-state index in [1.165, 1.54) is 12.1 Å². The molecule has 3 N–H and O–H groups in total. The highest BCUT2D eigenvalue weighted by molar-refractivity contribution is 6.32. The molecule has 6 nitrogen and oxygen atoms in total. The number of nitrogens with zero attached hydrogens (tertiary/aromatic N) is 1. The number of carbonyl (C=O) groups is 1. The number of halogens is 1. The fraction of sp³-hybridized carbons (Fsp3) is 0.294. The summed E-state index contributed by atoms with van der Waals surface area (Å²) >= 11 is 5.92. The van der Waals surface area contributed by atoms with Crippen molar-refractivity contribution >= 4 is 23.3 Å². The number of amides is 2. The van der Waals surface area contributed by atoms with Crippen molar-refractivity contribution in [3.05, 3.63) is 51.9 Å². The molecule has 0 aliphatic carbocycles. The Balaban J connectivity index is 1.99. The summed E-state index contributed by atoms with van der Waals surface area (Å²) in [5.74, 6) is 1.30. The molecule has 0 saturated heterocycles. The van der Waals surface area contributed by atoms with Crippen LogP contribution in [0.2, 0.25) is 5.02 Å². The number of hydrogen-bond donors (Lipinski definition) is 3. The Hall–Kier alpha value is -2.49. The lowest BCUT2D eigenvalue weighted by molar-refractivity contribution is 0.0584. The third-order valence-electron chi connectivity index (χ3n) is 3.56. The van der Waals surface area contributed by atoms with Gasteiger partial charge in [-0.15, -0.1) is 0 Å². The lowest BCUT2D eigenvalue weighted by atomic mass is 9.96. The van der Waals surface area contributed by atoms with E-state index in [4.69, 9.17) is 21.3 Å². The SMILES string of the molecule is Cc1cc(C(C)(O)CNC(=O)Nc2ccc(C#N)c(Cl)c2)c(C)o1. The van der Waals surface area contributed by atoms with Crippen molar-refractivity contribution < 1.29 is 14.3 Å². The minimum atomic E-state index is -1.26. The minimum Gasteiger partial charge on any atom is -0.466 e. The Labute approximate surface area is 145 Å². The molecule has 0 saturated carbocycles. The molecule has 0 radical (unpaired) electrons. The quantitative estimate of drug-likeness (QED) is 0.788. The summed E-state index contributed by atoms with van der Waals surface area (Å²) in [6.07, 6.45) is 0. The highest BCUT2D eigenvalue weighted by Gasteiger charge is 2.28. The van der Waals surface area contributed by atoms with E-state index in [-0.39, 0.29) is 11.6 Å². The van der Waals surface area contributed by atoms with E-state index in [9.17, 15) is 9.90 Å². The van der Waals surface area contributed by atoms with Gasteiger partial charge in [-0.2, -0.15) is 5.26 Å². The number of furan rings is 1. The van der Waals surface area contributed by atoms with Crippen LogP contribution in [-0.4, -0.2) is 17.7 Å². The number of anilines is 1. The molecule has 1 aromatic heterocycles. The van der Waals surface area contributed by atoms with E-state index in [0.29, 0.717) is 28.3 Å². The third-order valence-corrected chi connectivity index (χ3v) is 3.87. The molecule has 7 heteroatoms. The molecule has 0 fully saturated rings. The fourth-order valence-electron chi connectivity index (χ4n) is 2.37. The van der Waals surface area contributed by atoms with Crippen molar-refractivity contribution in [2.24, 2.45) is 0 Å². The van der Waals surface area contributed by atoms with Gasteiger partial charge in [0.1, 0.15) is 23.2 Å². The van der Waals surface area contributed by atoms with Gasteiger partial charge >= 0.3 is 6.03 Å². The van der Waals surface area contributed by atoms with Crippen molar-refractivity contribution in [2.45, 2.75) is 26.4 Å². The van der Waals surface area contributed by atoms with E-state index in [0.717, 1.165) is 0 Å². The largest absolute Gasteiger partial charge is 0.466 e. The molecule has 1 aromatic carbocycles. The molecule has 0 spiro atoms. The van der Waals surface area contributed by atoms with Crippen molar-refractivity contribution in [1.82, 2.24) is 5.32 Å². The summed E-state index contributed by atoms with van der Waals surface area (Å²) in [4.78, 5) is 12.0. The number of benzene rings is 1. The molecule has 2 aromatic rings.